The highest BCUT2D eigenvalue weighted by molar-refractivity contribution is 7.92. The maximum Gasteiger partial charge on any atom is 0.271 e. The van der Waals surface area contributed by atoms with Crippen LogP contribution in [-0.4, -0.2) is 31.3 Å². The molecule has 0 saturated heterocycles. The predicted octanol–water partition coefficient (Wildman–Crippen LogP) is 3.36. The Kier molecular flexibility index (Phi) is 6.16. The third kappa shape index (κ3) is 4.95. The highest BCUT2D eigenvalue weighted by Gasteiger charge is 2.20. The fraction of sp³-hybridized carbons (Fsp3) is 0.100. The summed E-state index contributed by atoms with van der Waals surface area (Å²) < 4.78 is 32.8. The van der Waals surface area contributed by atoms with E-state index in [9.17, 15) is 23.3 Å². The number of anilines is 2. The molecule has 1 amide bonds. The van der Waals surface area contributed by atoms with Gasteiger partial charge in [0.25, 0.3) is 21.6 Å². The Hall–Kier alpha value is -3.99. The summed E-state index contributed by atoms with van der Waals surface area (Å²) in [5.41, 5.74) is 0.640. The number of amides is 1. The molecular weight excluding hydrogens is 424 g/mol. The number of carbonyl (C=O) groups is 1. The molecule has 1 heterocycles. The number of methoxy groups -OCH3 is 1. The Bertz CT molecular complexity index is 1240. The van der Waals surface area contributed by atoms with Gasteiger partial charge in [-0.3, -0.25) is 19.6 Å². The SMILES string of the molecule is COc1ccc([N+](=O)[O-])cc1NS(=O)(=O)c1ccc(C(=O)Nc2ncccc2C)cc1. The predicted molar refractivity (Wildman–Crippen MR) is 114 cm³/mol. The lowest BCUT2D eigenvalue weighted by Crippen LogP contribution is -2.16. The molecule has 0 spiro atoms. The normalized spacial score (nSPS) is 10.9. The number of nitro benzene ring substituents is 1. The number of ether oxygens (including phenoxy) is 1. The molecule has 0 radical (unpaired) electrons. The van der Waals surface area contributed by atoms with Gasteiger partial charge in [0, 0.05) is 23.9 Å². The van der Waals surface area contributed by atoms with Gasteiger partial charge in [-0.05, 0) is 48.9 Å². The Balaban J connectivity index is 1.82. The van der Waals surface area contributed by atoms with Crippen LogP contribution in [0.3, 0.4) is 0 Å². The zero-order chi connectivity index (χ0) is 22.6. The average molecular weight is 442 g/mol. The third-order valence-corrected chi connectivity index (χ3v) is 5.69. The molecule has 0 atom stereocenters. The topological polar surface area (TPSA) is 141 Å². The molecule has 10 nitrogen and oxygen atoms in total. The molecule has 3 rings (SSSR count). The number of sulfonamides is 1. The Morgan fingerprint density at radius 2 is 1.84 bits per heavy atom. The summed E-state index contributed by atoms with van der Waals surface area (Å²) >= 11 is 0. The van der Waals surface area contributed by atoms with Crippen LogP contribution in [0.2, 0.25) is 0 Å². The van der Waals surface area contributed by atoms with Crippen LogP contribution in [-0.2, 0) is 10.0 Å². The minimum atomic E-state index is -4.09. The zero-order valence-corrected chi connectivity index (χ0v) is 17.3. The maximum absolute atomic E-state index is 12.7. The zero-order valence-electron chi connectivity index (χ0n) is 16.5. The van der Waals surface area contributed by atoms with Gasteiger partial charge >= 0.3 is 0 Å². The summed E-state index contributed by atoms with van der Waals surface area (Å²) in [5.74, 6) is 0.0820. The third-order valence-electron chi connectivity index (χ3n) is 4.31. The molecule has 1 aromatic heterocycles. The number of rotatable bonds is 7. The Morgan fingerprint density at radius 3 is 2.45 bits per heavy atom. The van der Waals surface area contributed by atoms with Crippen LogP contribution in [0.15, 0.2) is 65.7 Å². The number of aromatic nitrogens is 1. The van der Waals surface area contributed by atoms with E-state index >= 15 is 0 Å². The van der Waals surface area contributed by atoms with Crippen molar-refractivity contribution >= 4 is 33.1 Å². The fourth-order valence-corrected chi connectivity index (χ4v) is 3.74. The monoisotopic (exact) mass is 442 g/mol. The number of hydrogen-bond donors (Lipinski definition) is 2. The van der Waals surface area contributed by atoms with E-state index in [1.165, 1.54) is 43.5 Å². The first-order valence-electron chi connectivity index (χ1n) is 8.89. The second-order valence-electron chi connectivity index (χ2n) is 6.39. The van der Waals surface area contributed by atoms with E-state index < -0.39 is 20.9 Å². The molecule has 11 heteroatoms. The van der Waals surface area contributed by atoms with Crippen LogP contribution in [0.5, 0.6) is 5.75 Å². The lowest BCUT2D eigenvalue weighted by atomic mass is 10.2. The van der Waals surface area contributed by atoms with Crippen LogP contribution in [0, 0.1) is 17.0 Å². The highest BCUT2D eigenvalue weighted by Crippen LogP contribution is 2.30. The van der Waals surface area contributed by atoms with Gasteiger partial charge in [0.2, 0.25) is 0 Å². The number of benzene rings is 2. The van der Waals surface area contributed by atoms with Crippen molar-refractivity contribution in [1.29, 1.82) is 0 Å². The minimum Gasteiger partial charge on any atom is -0.495 e. The van der Waals surface area contributed by atoms with Crippen molar-refractivity contribution in [2.45, 2.75) is 11.8 Å². The molecule has 0 aliphatic carbocycles. The van der Waals surface area contributed by atoms with E-state index in [1.54, 1.807) is 25.3 Å². The number of carbonyl (C=O) groups excluding carboxylic acids is 1. The van der Waals surface area contributed by atoms with Gasteiger partial charge in [-0.1, -0.05) is 6.07 Å². The standard InChI is InChI=1S/C20H18N4O6S/c1-13-4-3-11-21-19(13)22-20(25)14-5-8-16(9-6-14)31(28,29)23-17-12-15(24(26)27)7-10-18(17)30-2/h3-12,23H,1-2H3,(H,21,22,25). The van der Waals surface area contributed by atoms with Crippen molar-refractivity contribution in [3.63, 3.8) is 0 Å². The number of pyridine rings is 1. The number of nitrogens with zero attached hydrogens (tertiary/aromatic N) is 2. The largest absolute Gasteiger partial charge is 0.495 e. The lowest BCUT2D eigenvalue weighted by Gasteiger charge is -2.12. The van der Waals surface area contributed by atoms with Crippen LogP contribution in [0.4, 0.5) is 17.2 Å². The second kappa shape index (κ2) is 8.79. The summed E-state index contributed by atoms with van der Waals surface area (Å²) in [6.45, 7) is 1.80. The van der Waals surface area contributed by atoms with Crippen molar-refractivity contribution in [2.24, 2.45) is 0 Å². The van der Waals surface area contributed by atoms with Gasteiger partial charge in [-0.2, -0.15) is 0 Å². The molecule has 0 bridgehead atoms. The van der Waals surface area contributed by atoms with Crippen LogP contribution < -0.4 is 14.8 Å². The second-order valence-corrected chi connectivity index (χ2v) is 8.08. The average Bonchev–Trinajstić information content (AvgIpc) is 2.75. The molecular formula is C20H18N4O6S. The molecule has 0 fully saturated rings. The van der Waals surface area contributed by atoms with Crippen molar-refractivity contribution in [1.82, 2.24) is 4.98 Å². The molecule has 2 aromatic carbocycles. The molecule has 160 valence electrons. The number of nitrogens with one attached hydrogen (secondary N) is 2. The summed E-state index contributed by atoms with van der Waals surface area (Å²) in [6.07, 6.45) is 1.55. The summed E-state index contributed by atoms with van der Waals surface area (Å²) in [7, 11) is -2.78. The number of hydrogen-bond acceptors (Lipinski definition) is 7. The van der Waals surface area contributed by atoms with E-state index in [-0.39, 0.29) is 27.6 Å². The first-order valence-corrected chi connectivity index (χ1v) is 10.4. The van der Waals surface area contributed by atoms with Gasteiger partial charge in [0.15, 0.2) is 0 Å². The van der Waals surface area contributed by atoms with E-state index in [2.05, 4.69) is 15.0 Å². The van der Waals surface area contributed by atoms with Crippen LogP contribution in [0.1, 0.15) is 15.9 Å². The van der Waals surface area contributed by atoms with Crippen molar-refractivity contribution in [2.75, 3.05) is 17.1 Å². The highest BCUT2D eigenvalue weighted by atomic mass is 32.2. The van der Waals surface area contributed by atoms with E-state index in [4.69, 9.17) is 4.74 Å². The van der Waals surface area contributed by atoms with Crippen LogP contribution >= 0.6 is 0 Å². The number of nitro groups is 1. The molecule has 0 aliphatic heterocycles. The molecule has 3 aromatic rings. The quantitative estimate of drug-likeness (QED) is 0.422. The van der Waals surface area contributed by atoms with Gasteiger partial charge in [-0.15, -0.1) is 0 Å². The molecule has 31 heavy (non-hydrogen) atoms. The maximum atomic E-state index is 12.7. The summed E-state index contributed by atoms with van der Waals surface area (Å²) in [5, 5.41) is 13.6. The van der Waals surface area contributed by atoms with Gasteiger partial charge < -0.3 is 10.1 Å². The lowest BCUT2D eigenvalue weighted by molar-refractivity contribution is -0.384. The molecule has 0 saturated carbocycles. The number of aryl methyl sites for hydroxylation is 1. The van der Waals surface area contributed by atoms with E-state index in [0.717, 1.165) is 11.6 Å². The fourth-order valence-electron chi connectivity index (χ4n) is 2.67. The summed E-state index contributed by atoms with van der Waals surface area (Å²) in [4.78, 5) is 26.7. The Labute approximate surface area is 178 Å². The van der Waals surface area contributed by atoms with Crippen molar-refractivity contribution in [3.8, 4) is 5.75 Å². The van der Waals surface area contributed by atoms with Crippen molar-refractivity contribution in [3.05, 3.63) is 82.0 Å². The van der Waals surface area contributed by atoms with Crippen molar-refractivity contribution < 1.29 is 22.9 Å². The first-order chi connectivity index (χ1) is 14.7. The Morgan fingerprint density at radius 1 is 1.13 bits per heavy atom. The number of non-ortho nitro benzene ring substituents is 1. The smallest absolute Gasteiger partial charge is 0.271 e. The van der Waals surface area contributed by atoms with E-state index in [0.29, 0.717) is 5.82 Å². The first kappa shape index (κ1) is 21.7. The minimum absolute atomic E-state index is 0.0795. The van der Waals surface area contributed by atoms with Crippen LogP contribution in [0.25, 0.3) is 0 Å². The van der Waals surface area contributed by atoms with E-state index in [1.807, 2.05) is 0 Å². The summed E-state index contributed by atoms with van der Waals surface area (Å²) in [6, 6.07) is 12.3. The molecule has 0 unspecified atom stereocenters. The van der Waals surface area contributed by atoms with Gasteiger partial charge in [-0.25, -0.2) is 13.4 Å². The van der Waals surface area contributed by atoms with Gasteiger partial charge in [0.1, 0.15) is 11.6 Å². The van der Waals surface area contributed by atoms with Gasteiger partial charge in [0.05, 0.1) is 22.6 Å². The molecule has 0 aliphatic rings. The molecule has 2 N–H and O–H groups in total.